The molecule has 1 aromatic carbocycles. The molecule has 0 aromatic heterocycles. The third-order valence-electron chi connectivity index (χ3n) is 6.83. The average molecular weight is 368 g/mol. The van der Waals surface area contributed by atoms with Gasteiger partial charge in [-0.15, -0.1) is 0 Å². The van der Waals surface area contributed by atoms with Crippen molar-refractivity contribution < 1.29 is 19.1 Å². The van der Waals surface area contributed by atoms with E-state index in [1.165, 1.54) is 0 Å². The molecule has 1 aromatic rings. The number of ketones is 1. The fourth-order valence-corrected chi connectivity index (χ4v) is 5.46. The highest BCUT2D eigenvalue weighted by atomic mass is 16.5. The maximum absolute atomic E-state index is 13.4. The Morgan fingerprint density at radius 1 is 1.26 bits per heavy atom. The first-order valence-corrected chi connectivity index (χ1v) is 9.86. The number of Topliss-reactive ketones (excluding diaryl/α,β-unsaturated/α-hetero) is 1. The SMILES string of the molecule is CC(C)[C@@H]1CO[C@@]23CCN(C(=O)c4cccc5c4CCC5=O)[C@@H]2CC(=O)N13. The van der Waals surface area contributed by atoms with E-state index in [2.05, 4.69) is 13.8 Å². The fourth-order valence-electron chi connectivity index (χ4n) is 5.46. The second-order valence-electron chi connectivity index (χ2n) is 8.45. The van der Waals surface area contributed by atoms with Crippen LogP contribution in [-0.2, 0) is 16.0 Å². The molecular formula is C21H24N2O4. The van der Waals surface area contributed by atoms with E-state index in [0.29, 0.717) is 55.9 Å². The Bertz CT molecular complexity index is 864. The number of rotatable bonds is 2. The van der Waals surface area contributed by atoms with Crippen molar-refractivity contribution in [1.29, 1.82) is 0 Å². The molecule has 6 nitrogen and oxygen atoms in total. The van der Waals surface area contributed by atoms with Crippen molar-refractivity contribution in [3.63, 3.8) is 0 Å². The lowest BCUT2D eigenvalue weighted by Gasteiger charge is -2.34. The second-order valence-corrected chi connectivity index (χ2v) is 8.45. The largest absolute Gasteiger partial charge is 0.351 e. The number of hydrogen-bond acceptors (Lipinski definition) is 4. The Morgan fingerprint density at radius 2 is 2.07 bits per heavy atom. The molecular weight excluding hydrogens is 344 g/mol. The van der Waals surface area contributed by atoms with E-state index in [4.69, 9.17) is 4.74 Å². The van der Waals surface area contributed by atoms with Crippen LogP contribution in [-0.4, -0.2) is 58.4 Å². The molecule has 5 rings (SSSR count). The van der Waals surface area contributed by atoms with E-state index in [0.717, 1.165) is 5.56 Å². The van der Waals surface area contributed by atoms with E-state index in [1.807, 2.05) is 15.9 Å². The minimum Gasteiger partial charge on any atom is -0.351 e. The number of benzene rings is 1. The monoisotopic (exact) mass is 368 g/mol. The summed E-state index contributed by atoms with van der Waals surface area (Å²) in [5, 5.41) is 0. The third-order valence-corrected chi connectivity index (χ3v) is 6.83. The Hall–Kier alpha value is -2.21. The van der Waals surface area contributed by atoms with Gasteiger partial charge in [0.15, 0.2) is 11.5 Å². The fraction of sp³-hybridized carbons (Fsp3) is 0.571. The van der Waals surface area contributed by atoms with Crippen LogP contribution in [0.1, 0.15) is 59.4 Å². The van der Waals surface area contributed by atoms with Crippen molar-refractivity contribution in [3.05, 3.63) is 34.9 Å². The molecule has 1 spiro atoms. The lowest BCUT2D eigenvalue weighted by molar-refractivity contribution is -0.139. The van der Waals surface area contributed by atoms with E-state index < -0.39 is 5.72 Å². The van der Waals surface area contributed by atoms with Crippen LogP contribution in [0.25, 0.3) is 0 Å². The number of amides is 2. The minimum atomic E-state index is -0.657. The molecule has 0 bridgehead atoms. The number of hydrogen-bond donors (Lipinski definition) is 0. The Morgan fingerprint density at radius 3 is 2.85 bits per heavy atom. The molecule has 3 fully saturated rings. The van der Waals surface area contributed by atoms with Crippen molar-refractivity contribution >= 4 is 17.6 Å². The van der Waals surface area contributed by atoms with Gasteiger partial charge < -0.3 is 14.5 Å². The van der Waals surface area contributed by atoms with Crippen molar-refractivity contribution in [1.82, 2.24) is 9.80 Å². The van der Waals surface area contributed by atoms with Crippen LogP contribution in [0, 0.1) is 5.92 Å². The highest BCUT2D eigenvalue weighted by Gasteiger charge is 2.65. The van der Waals surface area contributed by atoms with E-state index in [-0.39, 0.29) is 29.7 Å². The van der Waals surface area contributed by atoms with Gasteiger partial charge in [-0.1, -0.05) is 26.0 Å². The predicted octanol–water partition coefficient (Wildman–Crippen LogP) is 2.01. The van der Waals surface area contributed by atoms with Crippen molar-refractivity contribution in [2.45, 2.75) is 57.3 Å². The average Bonchev–Trinajstić information content (AvgIpc) is 3.36. The zero-order valence-corrected chi connectivity index (χ0v) is 15.7. The third kappa shape index (κ3) is 2.13. The van der Waals surface area contributed by atoms with Gasteiger partial charge in [0.2, 0.25) is 5.91 Å². The zero-order valence-electron chi connectivity index (χ0n) is 15.7. The summed E-state index contributed by atoms with van der Waals surface area (Å²) in [5.74, 6) is 0.440. The molecule has 1 aliphatic carbocycles. The number of carbonyl (C=O) groups is 3. The Balaban J connectivity index is 1.49. The van der Waals surface area contributed by atoms with Crippen LogP contribution < -0.4 is 0 Å². The number of likely N-dealkylation sites (tertiary alicyclic amines) is 1. The number of fused-ring (bicyclic) bond motifs is 1. The van der Waals surface area contributed by atoms with Crippen LogP contribution in [0.4, 0.5) is 0 Å². The summed E-state index contributed by atoms with van der Waals surface area (Å²) in [6.45, 7) is 5.33. The topological polar surface area (TPSA) is 66.9 Å². The molecule has 142 valence electrons. The van der Waals surface area contributed by atoms with Gasteiger partial charge in [0.25, 0.3) is 5.91 Å². The van der Waals surface area contributed by atoms with Gasteiger partial charge in [-0.3, -0.25) is 14.4 Å². The lowest BCUT2D eigenvalue weighted by Crippen LogP contribution is -2.51. The Labute approximate surface area is 158 Å². The van der Waals surface area contributed by atoms with Gasteiger partial charge in [-0.2, -0.15) is 0 Å². The molecule has 0 saturated carbocycles. The van der Waals surface area contributed by atoms with Crippen LogP contribution in [0.2, 0.25) is 0 Å². The van der Waals surface area contributed by atoms with Crippen LogP contribution in [0.5, 0.6) is 0 Å². The molecule has 6 heteroatoms. The smallest absolute Gasteiger partial charge is 0.254 e. The summed E-state index contributed by atoms with van der Waals surface area (Å²) in [7, 11) is 0. The van der Waals surface area contributed by atoms with Crippen molar-refractivity contribution in [2.75, 3.05) is 13.2 Å². The quantitative estimate of drug-likeness (QED) is 0.801. The molecule has 2 amide bonds. The summed E-state index contributed by atoms with van der Waals surface area (Å²) in [4.78, 5) is 42.0. The summed E-state index contributed by atoms with van der Waals surface area (Å²) >= 11 is 0. The maximum atomic E-state index is 13.4. The highest BCUT2D eigenvalue weighted by Crippen LogP contribution is 2.49. The van der Waals surface area contributed by atoms with Crippen LogP contribution in [0.15, 0.2) is 18.2 Å². The summed E-state index contributed by atoms with van der Waals surface area (Å²) in [5.41, 5.74) is 1.49. The first-order valence-electron chi connectivity index (χ1n) is 9.86. The molecule has 3 atom stereocenters. The zero-order chi connectivity index (χ0) is 18.9. The summed E-state index contributed by atoms with van der Waals surface area (Å²) < 4.78 is 6.22. The van der Waals surface area contributed by atoms with Crippen LogP contribution >= 0.6 is 0 Å². The van der Waals surface area contributed by atoms with E-state index in [1.54, 1.807) is 12.1 Å². The van der Waals surface area contributed by atoms with Gasteiger partial charge >= 0.3 is 0 Å². The molecule has 0 unspecified atom stereocenters. The number of ether oxygens (including phenoxy) is 1. The number of nitrogens with zero attached hydrogens (tertiary/aromatic N) is 2. The standard InChI is InChI=1S/C21H24N2O4/c1-12(2)16-11-27-21-8-9-22(18(21)10-19(25)23(16)21)20(26)15-5-3-4-14-13(15)6-7-17(14)24/h3-5,12,16,18H,6-11H2,1-2H3/t16-,18+,21-/m0/s1. The van der Waals surface area contributed by atoms with E-state index in [9.17, 15) is 14.4 Å². The molecule has 3 saturated heterocycles. The predicted molar refractivity (Wildman–Crippen MR) is 97.3 cm³/mol. The first-order chi connectivity index (χ1) is 12.9. The Kier molecular flexibility index (Phi) is 3.54. The number of carbonyl (C=O) groups excluding carboxylic acids is 3. The normalized spacial score (nSPS) is 31.7. The molecule has 27 heavy (non-hydrogen) atoms. The lowest BCUT2D eigenvalue weighted by atomic mass is 10.0. The van der Waals surface area contributed by atoms with Crippen molar-refractivity contribution in [2.24, 2.45) is 5.92 Å². The minimum absolute atomic E-state index is 0.0744. The van der Waals surface area contributed by atoms with Gasteiger partial charge in [-0.25, -0.2) is 0 Å². The molecule has 0 N–H and O–H groups in total. The van der Waals surface area contributed by atoms with E-state index >= 15 is 0 Å². The highest BCUT2D eigenvalue weighted by molar-refractivity contribution is 6.06. The van der Waals surface area contributed by atoms with Crippen molar-refractivity contribution in [3.8, 4) is 0 Å². The molecule has 4 aliphatic rings. The van der Waals surface area contributed by atoms with Gasteiger partial charge in [-0.05, 0) is 24.0 Å². The van der Waals surface area contributed by atoms with Gasteiger partial charge in [0, 0.05) is 30.5 Å². The molecule has 3 aliphatic heterocycles. The summed E-state index contributed by atoms with van der Waals surface area (Å²) in [6.07, 6.45) is 2.07. The second kappa shape index (κ2) is 5.64. The van der Waals surface area contributed by atoms with Gasteiger partial charge in [0.05, 0.1) is 25.1 Å². The van der Waals surface area contributed by atoms with Gasteiger partial charge in [0.1, 0.15) is 0 Å². The molecule has 3 heterocycles. The van der Waals surface area contributed by atoms with Crippen LogP contribution in [0.3, 0.4) is 0 Å². The first kappa shape index (κ1) is 16.9. The maximum Gasteiger partial charge on any atom is 0.254 e. The summed E-state index contributed by atoms with van der Waals surface area (Å²) in [6, 6.07) is 5.24. The molecule has 0 radical (unpaired) electrons.